The zero-order chi connectivity index (χ0) is 17.4. The number of nitrogens with zero attached hydrogens (tertiary/aromatic N) is 3. The van der Waals surface area contributed by atoms with E-state index >= 15 is 0 Å². The maximum Gasteiger partial charge on any atom is 0.0955 e. The van der Waals surface area contributed by atoms with Gasteiger partial charge in [0.1, 0.15) is 0 Å². The van der Waals surface area contributed by atoms with Crippen LogP contribution in [-0.2, 0) is 23.1 Å². The largest absolute Gasteiger partial charge is 0.378 e. The van der Waals surface area contributed by atoms with Gasteiger partial charge in [0.05, 0.1) is 42.8 Å². The number of hydrogen-bond acceptors (Lipinski definition) is 4. The van der Waals surface area contributed by atoms with Crippen LogP contribution in [-0.4, -0.2) is 53.0 Å². The second kappa shape index (κ2) is 5.31. The summed E-state index contributed by atoms with van der Waals surface area (Å²) in [5.74, 6) is 1.65. The Hall–Kier alpha value is -1.43. The van der Waals surface area contributed by atoms with Crippen molar-refractivity contribution in [2.45, 2.75) is 31.4 Å². The van der Waals surface area contributed by atoms with Crippen molar-refractivity contribution in [1.29, 1.82) is 0 Å². The SMILES string of the molecule is Cn1cnc2cc(CN3CC4CC4(COCC45CC(CO4)C5)C3)ccc21. The molecule has 0 amide bonds. The van der Waals surface area contributed by atoms with Gasteiger partial charge in [-0.05, 0) is 48.8 Å². The first-order chi connectivity index (χ1) is 12.6. The minimum absolute atomic E-state index is 0.0993. The minimum atomic E-state index is 0.0993. The second-order valence-electron chi connectivity index (χ2n) is 9.37. The highest BCUT2D eigenvalue weighted by molar-refractivity contribution is 5.75. The fourth-order valence-electron chi connectivity index (χ4n) is 5.71. The number of aryl methyl sites for hydroxylation is 1. The van der Waals surface area contributed by atoms with Crippen LogP contribution < -0.4 is 0 Å². The Morgan fingerprint density at radius 3 is 3.04 bits per heavy atom. The fourth-order valence-corrected chi connectivity index (χ4v) is 5.71. The number of benzene rings is 1. The van der Waals surface area contributed by atoms with E-state index < -0.39 is 0 Å². The average Bonchev–Trinajstić information content (AvgIpc) is 3.07. The third-order valence-corrected chi connectivity index (χ3v) is 7.27. The first-order valence-electron chi connectivity index (χ1n) is 9.97. The molecule has 3 aliphatic heterocycles. The first-order valence-corrected chi connectivity index (χ1v) is 9.97. The van der Waals surface area contributed by atoms with E-state index in [1.165, 1.54) is 43.4 Å². The van der Waals surface area contributed by atoms with Crippen molar-refractivity contribution in [1.82, 2.24) is 14.5 Å². The van der Waals surface area contributed by atoms with Gasteiger partial charge >= 0.3 is 0 Å². The van der Waals surface area contributed by atoms with E-state index in [1.54, 1.807) is 0 Å². The highest BCUT2D eigenvalue weighted by Gasteiger charge is 2.60. The van der Waals surface area contributed by atoms with Gasteiger partial charge in [-0.15, -0.1) is 0 Å². The first kappa shape index (κ1) is 15.6. The van der Waals surface area contributed by atoms with Crippen molar-refractivity contribution in [3.63, 3.8) is 0 Å². The van der Waals surface area contributed by atoms with Crippen molar-refractivity contribution in [2.24, 2.45) is 24.3 Å². The molecule has 138 valence electrons. The van der Waals surface area contributed by atoms with Gasteiger partial charge in [0.2, 0.25) is 0 Å². The van der Waals surface area contributed by atoms with E-state index in [2.05, 4.69) is 32.7 Å². The van der Waals surface area contributed by atoms with Gasteiger partial charge in [-0.25, -0.2) is 4.98 Å². The van der Waals surface area contributed by atoms with Gasteiger partial charge in [-0.2, -0.15) is 0 Å². The second-order valence-corrected chi connectivity index (χ2v) is 9.37. The summed E-state index contributed by atoms with van der Waals surface area (Å²) in [6.45, 7) is 6.12. The number of imidazole rings is 1. The number of hydrogen-bond donors (Lipinski definition) is 0. The average molecular weight is 353 g/mol. The molecule has 26 heavy (non-hydrogen) atoms. The van der Waals surface area contributed by atoms with E-state index in [4.69, 9.17) is 9.47 Å². The van der Waals surface area contributed by atoms with Gasteiger partial charge in [0, 0.05) is 32.1 Å². The summed E-state index contributed by atoms with van der Waals surface area (Å²) in [4.78, 5) is 7.09. The van der Waals surface area contributed by atoms with Gasteiger partial charge in [-0.1, -0.05) is 6.07 Å². The van der Waals surface area contributed by atoms with Gasteiger partial charge in [0.25, 0.3) is 0 Å². The number of likely N-dealkylation sites (tertiary alicyclic amines) is 1. The molecule has 5 fully saturated rings. The Labute approximate surface area is 154 Å². The molecule has 7 rings (SSSR count). The number of aromatic nitrogens is 2. The number of ether oxygens (including phenoxy) is 2. The number of piperidine rings is 1. The van der Waals surface area contributed by atoms with Crippen LogP contribution in [0.25, 0.3) is 11.0 Å². The standard InChI is InChI=1S/C21H27N3O2/c1-23-14-22-18-4-15(2-3-19(18)23)8-24-9-17-7-20(17,11-24)12-25-13-21-5-16(6-21)10-26-21/h2-4,14,16-17H,5-13H2,1H3. The fraction of sp³-hybridized carbons (Fsp3) is 0.667. The summed E-state index contributed by atoms with van der Waals surface area (Å²) in [6.07, 6.45) is 5.69. The van der Waals surface area contributed by atoms with E-state index in [-0.39, 0.29) is 5.60 Å². The summed E-state index contributed by atoms with van der Waals surface area (Å²) in [5, 5.41) is 0. The molecule has 0 spiro atoms. The summed E-state index contributed by atoms with van der Waals surface area (Å²) >= 11 is 0. The lowest BCUT2D eigenvalue weighted by atomic mass is 9.75. The molecule has 1 aromatic heterocycles. The molecule has 2 aromatic rings. The molecule has 5 aliphatic rings. The zero-order valence-corrected chi connectivity index (χ0v) is 15.5. The smallest absolute Gasteiger partial charge is 0.0955 e. The Bertz CT molecular complexity index is 851. The predicted molar refractivity (Wildman–Crippen MR) is 98.8 cm³/mol. The Morgan fingerprint density at radius 2 is 2.19 bits per heavy atom. The van der Waals surface area contributed by atoms with Gasteiger partial charge in [-0.3, -0.25) is 4.90 Å². The lowest BCUT2D eigenvalue weighted by Gasteiger charge is -2.35. The lowest BCUT2D eigenvalue weighted by Crippen LogP contribution is -2.41. The van der Waals surface area contributed by atoms with Crippen LogP contribution in [0, 0.1) is 17.3 Å². The quantitative estimate of drug-likeness (QED) is 0.800. The van der Waals surface area contributed by atoms with Crippen LogP contribution in [0.3, 0.4) is 0 Å². The van der Waals surface area contributed by atoms with Crippen LogP contribution in [0.1, 0.15) is 24.8 Å². The van der Waals surface area contributed by atoms with Crippen LogP contribution in [0.5, 0.6) is 0 Å². The molecule has 2 saturated carbocycles. The van der Waals surface area contributed by atoms with Crippen molar-refractivity contribution in [2.75, 3.05) is 32.9 Å². The van der Waals surface area contributed by atoms with E-state index in [0.29, 0.717) is 5.41 Å². The molecule has 0 N–H and O–H groups in total. The van der Waals surface area contributed by atoms with Crippen LogP contribution in [0.4, 0.5) is 0 Å². The third kappa shape index (κ3) is 2.37. The molecular weight excluding hydrogens is 326 g/mol. The number of rotatable bonds is 6. The van der Waals surface area contributed by atoms with E-state index in [9.17, 15) is 0 Å². The van der Waals surface area contributed by atoms with Crippen molar-refractivity contribution in [3.05, 3.63) is 30.1 Å². The molecule has 3 saturated heterocycles. The highest BCUT2D eigenvalue weighted by Crippen LogP contribution is 2.58. The molecule has 2 atom stereocenters. The summed E-state index contributed by atoms with van der Waals surface area (Å²) in [5.41, 5.74) is 4.19. The van der Waals surface area contributed by atoms with E-state index in [0.717, 1.165) is 43.7 Å². The van der Waals surface area contributed by atoms with Crippen molar-refractivity contribution in [3.8, 4) is 0 Å². The van der Waals surface area contributed by atoms with Crippen LogP contribution in [0.2, 0.25) is 0 Å². The molecular formula is C21H27N3O2. The molecule has 2 aliphatic carbocycles. The van der Waals surface area contributed by atoms with E-state index in [1.807, 2.05) is 13.4 Å². The molecule has 2 bridgehead atoms. The van der Waals surface area contributed by atoms with Gasteiger partial charge in [0.15, 0.2) is 0 Å². The number of fused-ring (bicyclic) bond motifs is 3. The Kier molecular flexibility index (Phi) is 3.19. The normalized spacial score (nSPS) is 37.9. The summed E-state index contributed by atoms with van der Waals surface area (Å²) in [7, 11) is 2.05. The van der Waals surface area contributed by atoms with Crippen molar-refractivity contribution < 1.29 is 9.47 Å². The Morgan fingerprint density at radius 1 is 1.27 bits per heavy atom. The molecule has 5 nitrogen and oxygen atoms in total. The molecule has 0 radical (unpaired) electrons. The summed E-state index contributed by atoms with van der Waals surface area (Å²) < 4.78 is 14.2. The predicted octanol–water partition coefficient (Wildman–Crippen LogP) is 2.59. The van der Waals surface area contributed by atoms with Crippen LogP contribution in [0.15, 0.2) is 24.5 Å². The zero-order valence-electron chi connectivity index (χ0n) is 15.5. The van der Waals surface area contributed by atoms with Crippen LogP contribution >= 0.6 is 0 Å². The highest BCUT2D eigenvalue weighted by atomic mass is 16.6. The Balaban J connectivity index is 1.06. The van der Waals surface area contributed by atoms with Gasteiger partial charge < -0.3 is 14.0 Å². The lowest BCUT2D eigenvalue weighted by molar-refractivity contribution is -0.0786. The monoisotopic (exact) mass is 353 g/mol. The molecule has 5 heteroatoms. The summed E-state index contributed by atoms with van der Waals surface area (Å²) in [6, 6.07) is 6.69. The van der Waals surface area contributed by atoms with Crippen molar-refractivity contribution >= 4 is 11.0 Å². The molecule has 1 aromatic carbocycles. The molecule has 2 unspecified atom stereocenters. The maximum absolute atomic E-state index is 6.18. The maximum atomic E-state index is 6.18. The minimum Gasteiger partial charge on any atom is -0.378 e. The molecule has 4 heterocycles. The third-order valence-electron chi connectivity index (χ3n) is 7.27. The topological polar surface area (TPSA) is 39.5 Å².